The molecular weight excluding hydrogens is 224 g/mol. The summed E-state index contributed by atoms with van der Waals surface area (Å²) in [5.74, 6) is 0. The number of aryl methyl sites for hydroxylation is 1. The van der Waals surface area contributed by atoms with E-state index in [4.69, 9.17) is 0 Å². The van der Waals surface area contributed by atoms with E-state index in [1.54, 1.807) is 0 Å². The zero-order valence-electron chi connectivity index (χ0n) is 11.7. The summed E-state index contributed by atoms with van der Waals surface area (Å²) in [5, 5.41) is 3.33. The summed E-state index contributed by atoms with van der Waals surface area (Å²) in [7, 11) is 0. The van der Waals surface area contributed by atoms with E-state index < -0.39 is 0 Å². The summed E-state index contributed by atoms with van der Waals surface area (Å²) in [6, 6.07) is 4.89. The van der Waals surface area contributed by atoms with Crippen LogP contribution in [0.4, 0.5) is 0 Å². The first-order valence-electron chi connectivity index (χ1n) is 7.04. The SMILES string of the molecule is Cc1ccc(CNC(C)C)c(=O)n1C1CCCC1. The van der Waals surface area contributed by atoms with Crippen LogP contribution in [-0.4, -0.2) is 10.6 Å². The van der Waals surface area contributed by atoms with Crippen LogP contribution in [0.15, 0.2) is 16.9 Å². The molecular formula is C15H24N2O. The third kappa shape index (κ3) is 2.83. The van der Waals surface area contributed by atoms with Gasteiger partial charge >= 0.3 is 0 Å². The standard InChI is InChI=1S/C15H24N2O/c1-11(2)16-10-13-9-8-12(3)17(15(13)18)14-6-4-5-7-14/h8-9,11,14,16H,4-7,10H2,1-3H3. The Morgan fingerprint density at radius 3 is 2.61 bits per heavy atom. The molecule has 1 aromatic heterocycles. The van der Waals surface area contributed by atoms with Gasteiger partial charge in [-0.1, -0.05) is 32.8 Å². The highest BCUT2D eigenvalue weighted by Gasteiger charge is 2.20. The summed E-state index contributed by atoms with van der Waals surface area (Å²) in [4.78, 5) is 12.5. The predicted octanol–water partition coefficient (Wildman–Crippen LogP) is 2.77. The Kier molecular flexibility index (Phi) is 4.23. The van der Waals surface area contributed by atoms with Crippen LogP contribution in [0.5, 0.6) is 0 Å². The number of pyridine rings is 1. The van der Waals surface area contributed by atoms with Crippen LogP contribution in [0.25, 0.3) is 0 Å². The van der Waals surface area contributed by atoms with Gasteiger partial charge in [0, 0.05) is 29.9 Å². The van der Waals surface area contributed by atoms with Gasteiger partial charge in [0.15, 0.2) is 0 Å². The molecule has 1 aliphatic carbocycles. The number of aromatic nitrogens is 1. The van der Waals surface area contributed by atoms with Crippen molar-refractivity contribution < 1.29 is 0 Å². The lowest BCUT2D eigenvalue weighted by Gasteiger charge is -2.18. The van der Waals surface area contributed by atoms with Gasteiger partial charge in [0.2, 0.25) is 0 Å². The summed E-state index contributed by atoms with van der Waals surface area (Å²) < 4.78 is 2.02. The molecule has 2 rings (SSSR count). The fourth-order valence-corrected chi connectivity index (χ4v) is 2.75. The lowest BCUT2D eigenvalue weighted by Crippen LogP contribution is -2.32. The maximum absolute atomic E-state index is 12.5. The highest BCUT2D eigenvalue weighted by atomic mass is 16.1. The molecule has 0 aromatic carbocycles. The first kappa shape index (κ1) is 13.3. The van der Waals surface area contributed by atoms with E-state index in [1.165, 1.54) is 12.8 Å². The number of hydrogen-bond donors (Lipinski definition) is 1. The molecule has 1 heterocycles. The minimum absolute atomic E-state index is 0.204. The molecule has 0 saturated heterocycles. The average molecular weight is 248 g/mol. The Balaban J connectivity index is 2.28. The number of nitrogens with zero attached hydrogens (tertiary/aromatic N) is 1. The van der Waals surface area contributed by atoms with Crippen molar-refractivity contribution in [1.29, 1.82) is 0 Å². The first-order chi connectivity index (χ1) is 8.59. The molecule has 3 nitrogen and oxygen atoms in total. The van der Waals surface area contributed by atoms with Crippen LogP contribution in [0.2, 0.25) is 0 Å². The van der Waals surface area contributed by atoms with Crippen LogP contribution in [-0.2, 0) is 6.54 Å². The molecule has 0 aliphatic heterocycles. The molecule has 1 N–H and O–H groups in total. The van der Waals surface area contributed by atoms with Gasteiger partial charge < -0.3 is 9.88 Å². The quantitative estimate of drug-likeness (QED) is 0.889. The monoisotopic (exact) mass is 248 g/mol. The van der Waals surface area contributed by atoms with Gasteiger partial charge in [-0.2, -0.15) is 0 Å². The average Bonchev–Trinajstić information content (AvgIpc) is 2.81. The zero-order chi connectivity index (χ0) is 13.1. The van der Waals surface area contributed by atoms with Crippen LogP contribution in [0, 0.1) is 6.92 Å². The normalized spacial score (nSPS) is 16.7. The molecule has 1 aromatic rings. The van der Waals surface area contributed by atoms with Gasteiger partial charge in [-0.3, -0.25) is 4.79 Å². The topological polar surface area (TPSA) is 34.0 Å². The number of nitrogens with one attached hydrogen (secondary N) is 1. The third-order valence-electron chi connectivity index (χ3n) is 3.79. The number of rotatable bonds is 4. The van der Waals surface area contributed by atoms with E-state index in [-0.39, 0.29) is 5.56 Å². The Bertz CT molecular complexity index is 456. The van der Waals surface area contributed by atoms with E-state index >= 15 is 0 Å². The van der Waals surface area contributed by atoms with Crippen molar-refractivity contribution >= 4 is 0 Å². The lowest BCUT2D eigenvalue weighted by atomic mass is 10.1. The molecule has 1 fully saturated rings. The van der Waals surface area contributed by atoms with Crippen LogP contribution in [0.1, 0.15) is 56.8 Å². The molecule has 0 bridgehead atoms. The summed E-state index contributed by atoms with van der Waals surface area (Å²) >= 11 is 0. The maximum atomic E-state index is 12.5. The fraction of sp³-hybridized carbons (Fsp3) is 0.667. The third-order valence-corrected chi connectivity index (χ3v) is 3.79. The van der Waals surface area contributed by atoms with Crippen molar-refractivity contribution in [2.24, 2.45) is 0 Å². The van der Waals surface area contributed by atoms with Crippen molar-refractivity contribution in [3.05, 3.63) is 33.7 Å². The molecule has 0 radical (unpaired) electrons. The molecule has 0 atom stereocenters. The second-order valence-electron chi connectivity index (χ2n) is 5.65. The molecule has 18 heavy (non-hydrogen) atoms. The fourth-order valence-electron chi connectivity index (χ4n) is 2.75. The van der Waals surface area contributed by atoms with Crippen molar-refractivity contribution in [1.82, 2.24) is 9.88 Å². The molecule has 1 saturated carbocycles. The van der Waals surface area contributed by atoms with Crippen molar-refractivity contribution in [2.75, 3.05) is 0 Å². The molecule has 0 amide bonds. The second-order valence-corrected chi connectivity index (χ2v) is 5.65. The zero-order valence-corrected chi connectivity index (χ0v) is 11.7. The molecule has 3 heteroatoms. The number of hydrogen-bond acceptors (Lipinski definition) is 2. The van der Waals surface area contributed by atoms with Gasteiger partial charge in [0.05, 0.1) is 0 Å². The van der Waals surface area contributed by atoms with E-state index in [2.05, 4.69) is 25.2 Å². The van der Waals surface area contributed by atoms with Gasteiger partial charge in [-0.15, -0.1) is 0 Å². The smallest absolute Gasteiger partial charge is 0.255 e. The second kappa shape index (κ2) is 5.70. The van der Waals surface area contributed by atoms with E-state index in [1.807, 2.05) is 17.6 Å². The van der Waals surface area contributed by atoms with Crippen molar-refractivity contribution in [3.63, 3.8) is 0 Å². The Morgan fingerprint density at radius 2 is 2.00 bits per heavy atom. The highest BCUT2D eigenvalue weighted by Crippen LogP contribution is 2.29. The molecule has 1 aliphatic rings. The van der Waals surface area contributed by atoms with Crippen LogP contribution < -0.4 is 10.9 Å². The minimum Gasteiger partial charge on any atom is -0.310 e. The van der Waals surface area contributed by atoms with Gasteiger partial charge in [-0.05, 0) is 25.8 Å². The van der Waals surface area contributed by atoms with E-state index in [0.717, 1.165) is 24.1 Å². The predicted molar refractivity (Wildman–Crippen MR) is 74.9 cm³/mol. The minimum atomic E-state index is 0.204. The van der Waals surface area contributed by atoms with E-state index in [9.17, 15) is 4.79 Å². The van der Waals surface area contributed by atoms with Gasteiger partial charge in [-0.25, -0.2) is 0 Å². The van der Waals surface area contributed by atoms with Crippen molar-refractivity contribution in [2.45, 2.75) is 65.1 Å². The largest absolute Gasteiger partial charge is 0.310 e. The lowest BCUT2D eigenvalue weighted by molar-refractivity contribution is 0.483. The first-order valence-corrected chi connectivity index (χ1v) is 7.04. The molecule has 100 valence electrons. The van der Waals surface area contributed by atoms with Gasteiger partial charge in [0.25, 0.3) is 5.56 Å². The molecule has 0 unspecified atom stereocenters. The summed E-state index contributed by atoms with van der Waals surface area (Å²) in [5.41, 5.74) is 2.19. The van der Waals surface area contributed by atoms with Crippen LogP contribution >= 0.6 is 0 Å². The van der Waals surface area contributed by atoms with Crippen LogP contribution in [0.3, 0.4) is 0 Å². The van der Waals surface area contributed by atoms with Gasteiger partial charge in [0.1, 0.15) is 0 Å². The Hall–Kier alpha value is -1.09. The van der Waals surface area contributed by atoms with E-state index in [0.29, 0.717) is 18.6 Å². The van der Waals surface area contributed by atoms with Crippen molar-refractivity contribution in [3.8, 4) is 0 Å². The summed E-state index contributed by atoms with van der Waals surface area (Å²) in [6.45, 7) is 6.91. The Morgan fingerprint density at radius 1 is 1.33 bits per heavy atom. The maximum Gasteiger partial charge on any atom is 0.255 e. The Labute approximate surface area is 109 Å². The summed E-state index contributed by atoms with van der Waals surface area (Å²) in [6.07, 6.45) is 4.82. The highest BCUT2D eigenvalue weighted by molar-refractivity contribution is 5.16. The molecule has 0 spiro atoms.